The van der Waals surface area contributed by atoms with E-state index in [0.29, 0.717) is 38.7 Å². The van der Waals surface area contributed by atoms with Gasteiger partial charge in [0.25, 0.3) is 5.56 Å². The number of fused-ring (bicyclic) bond motifs is 2. The van der Waals surface area contributed by atoms with Gasteiger partial charge in [-0.25, -0.2) is 24.3 Å². The fourth-order valence-corrected chi connectivity index (χ4v) is 4.18. The van der Waals surface area contributed by atoms with Crippen LogP contribution in [0.4, 0.5) is 4.39 Å². The van der Waals surface area contributed by atoms with Gasteiger partial charge in [-0.1, -0.05) is 35.5 Å². The van der Waals surface area contributed by atoms with Crippen LogP contribution in [0.25, 0.3) is 27.8 Å². The van der Waals surface area contributed by atoms with Crippen LogP contribution in [0.2, 0.25) is 0 Å². The first-order valence-electron chi connectivity index (χ1n) is 9.16. The lowest BCUT2D eigenvalue weighted by atomic mass is 10.1. The van der Waals surface area contributed by atoms with Gasteiger partial charge in [0.2, 0.25) is 0 Å². The second-order valence-corrected chi connectivity index (χ2v) is 7.67. The molecule has 0 atom stereocenters. The number of aromatic amines is 1. The number of thioether (sulfide) groups is 1. The van der Waals surface area contributed by atoms with Gasteiger partial charge >= 0.3 is 0 Å². The zero-order valence-corrected chi connectivity index (χ0v) is 16.7. The maximum Gasteiger partial charge on any atom is 0.266 e. The standard InChI is InChI=1S/C21H15FN6OS/c1-12-6-7-15-13(8-12)21(29)28(16-5-3-2-4-14(16)22)17(27-15)9-30-20-18-19(24-10-23-18)25-11-26-20/h2-8,10-11H,9H2,1H3,(H,23,24,25,26). The molecule has 1 N–H and O–H groups in total. The molecule has 0 bridgehead atoms. The van der Waals surface area contributed by atoms with Crippen molar-refractivity contribution in [1.29, 1.82) is 0 Å². The van der Waals surface area contributed by atoms with Gasteiger partial charge in [0.1, 0.15) is 28.5 Å². The molecule has 0 unspecified atom stereocenters. The van der Waals surface area contributed by atoms with Crippen molar-refractivity contribution < 1.29 is 4.39 Å². The summed E-state index contributed by atoms with van der Waals surface area (Å²) < 4.78 is 16.0. The van der Waals surface area contributed by atoms with Crippen molar-refractivity contribution in [3.05, 3.63) is 82.7 Å². The summed E-state index contributed by atoms with van der Waals surface area (Å²) in [7, 11) is 0. The molecular weight excluding hydrogens is 403 g/mol. The number of hydrogen-bond donors (Lipinski definition) is 1. The van der Waals surface area contributed by atoms with E-state index in [-0.39, 0.29) is 11.2 Å². The van der Waals surface area contributed by atoms with Crippen molar-refractivity contribution in [3.63, 3.8) is 0 Å². The molecule has 30 heavy (non-hydrogen) atoms. The molecule has 0 amide bonds. The number of hydrogen-bond acceptors (Lipinski definition) is 6. The maximum atomic E-state index is 14.6. The van der Waals surface area contributed by atoms with Gasteiger partial charge in [0.15, 0.2) is 5.65 Å². The van der Waals surface area contributed by atoms with Gasteiger partial charge in [0.05, 0.1) is 28.7 Å². The zero-order valence-electron chi connectivity index (χ0n) is 15.8. The first-order chi connectivity index (χ1) is 14.6. The van der Waals surface area contributed by atoms with Crippen molar-refractivity contribution >= 4 is 33.8 Å². The highest BCUT2D eigenvalue weighted by molar-refractivity contribution is 7.98. The molecule has 0 saturated carbocycles. The third kappa shape index (κ3) is 3.13. The highest BCUT2D eigenvalue weighted by Gasteiger charge is 2.17. The summed E-state index contributed by atoms with van der Waals surface area (Å²) in [4.78, 5) is 33.6. The number of imidazole rings is 1. The van der Waals surface area contributed by atoms with E-state index in [1.54, 1.807) is 30.6 Å². The Bertz CT molecular complexity index is 1460. The van der Waals surface area contributed by atoms with Gasteiger partial charge in [0, 0.05) is 0 Å². The lowest BCUT2D eigenvalue weighted by molar-refractivity contribution is 0.613. The average Bonchev–Trinajstić information content (AvgIpc) is 3.23. The Morgan fingerprint density at radius 3 is 2.87 bits per heavy atom. The minimum atomic E-state index is -0.488. The van der Waals surface area contributed by atoms with Gasteiger partial charge in [-0.15, -0.1) is 0 Å². The SMILES string of the molecule is Cc1ccc2nc(CSc3ncnc4nc[nH]c34)n(-c3ccccc3F)c(=O)c2c1. The molecule has 0 aliphatic carbocycles. The molecule has 7 nitrogen and oxygen atoms in total. The van der Waals surface area contributed by atoms with E-state index in [1.165, 1.54) is 28.7 Å². The maximum absolute atomic E-state index is 14.6. The average molecular weight is 418 g/mol. The van der Waals surface area contributed by atoms with E-state index in [9.17, 15) is 9.18 Å². The van der Waals surface area contributed by atoms with Crippen LogP contribution >= 0.6 is 11.8 Å². The van der Waals surface area contributed by atoms with Crippen LogP contribution in [0, 0.1) is 12.7 Å². The monoisotopic (exact) mass is 418 g/mol. The van der Waals surface area contributed by atoms with Gasteiger partial charge in [-0.2, -0.15) is 0 Å². The zero-order chi connectivity index (χ0) is 20.7. The van der Waals surface area contributed by atoms with Crippen molar-refractivity contribution in [1.82, 2.24) is 29.5 Å². The van der Waals surface area contributed by atoms with Crippen LogP contribution in [-0.4, -0.2) is 29.5 Å². The van der Waals surface area contributed by atoms with Gasteiger partial charge in [-0.05, 0) is 31.2 Å². The molecule has 5 rings (SSSR count). The summed E-state index contributed by atoms with van der Waals surface area (Å²) in [5, 5.41) is 1.13. The predicted molar refractivity (Wildman–Crippen MR) is 113 cm³/mol. The Morgan fingerprint density at radius 2 is 2.00 bits per heavy atom. The molecule has 3 aromatic heterocycles. The smallest absolute Gasteiger partial charge is 0.266 e. The van der Waals surface area contributed by atoms with Crippen LogP contribution in [-0.2, 0) is 5.75 Å². The molecule has 3 heterocycles. The fourth-order valence-electron chi connectivity index (χ4n) is 3.31. The number of benzene rings is 2. The number of halogens is 1. The van der Waals surface area contributed by atoms with Crippen molar-refractivity contribution in [2.24, 2.45) is 0 Å². The van der Waals surface area contributed by atoms with Crippen LogP contribution in [0.3, 0.4) is 0 Å². The Hall–Kier alpha value is -3.59. The number of nitrogens with one attached hydrogen (secondary N) is 1. The fraction of sp³-hybridized carbons (Fsp3) is 0.0952. The lowest BCUT2D eigenvalue weighted by Crippen LogP contribution is -2.24. The predicted octanol–water partition coefficient (Wildman–Crippen LogP) is 3.79. The molecule has 0 aliphatic heterocycles. The number of para-hydroxylation sites is 1. The number of H-pyrrole nitrogens is 1. The molecule has 5 aromatic rings. The Labute approximate surface area is 174 Å². The Kier molecular flexibility index (Phi) is 4.51. The quantitative estimate of drug-likeness (QED) is 0.353. The van der Waals surface area contributed by atoms with E-state index in [2.05, 4.69) is 24.9 Å². The molecule has 0 radical (unpaired) electrons. The molecular formula is C21H15FN6OS. The van der Waals surface area contributed by atoms with Gasteiger partial charge in [-0.3, -0.25) is 9.36 Å². The minimum Gasteiger partial charge on any atom is -0.341 e. The summed E-state index contributed by atoms with van der Waals surface area (Å²) >= 11 is 1.38. The van der Waals surface area contributed by atoms with E-state index >= 15 is 0 Å². The molecule has 0 spiro atoms. The van der Waals surface area contributed by atoms with Gasteiger partial charge < -0.3 is 4.98 Å². The van der Waals surface area contributed by atoms with E-state index in [4.69, 9.17) is 0 Å². The summed E-state index contributed by atoms with van der Waals surface area (Å²) in [5.74, 6) is 0.244. The van der Waals surface area contributed by atoms with Crippen LogP contribution in [0.5, 0.6) is 0 Å². The number of aryl methyl sites for hydroxylation is 1. The number of rotatable bonds is 4. The summed E-state index contributed by atoms with van der Waals surface area (Å²) in [5.41, 5.74) is 2.64. The van der Waals surface area contributed by atoms with Crippen molar-refractivity contribution in [3.8, 4) is 5.69 Å². The minimum absolute atomic E-state index is 0.170. The third-order valence-electron chi connectivity index (χ3n) is 4.71. The number of aromatic nitrogens is 6. The van der Waals surface area contributed by atoms with Crippen LogP contribution < -0.4 is 5.56 Å². The van der Waals surface area contributed by atoms with E-state index < -0.39 is 5.82 Å². The Morgan fingerprint density at radius 1 is 1.13 bits per heavy atom. The topological polar surface area (TPSA) is 89.3 Å². The van der Waals surface area contributed by atoms with Crippen LogP contribution in [0.1, 0.15) is 11.4 Å². The summed E-state index contributed by atoms with van der Waals surface area (Å²) in [6.45, 7) is 1.90. The first-order valence-corrected chi connectivity index (χ1v) is 10.1. The summed E-state index contributed by atoms with van der Waals surface area (Å²) in [6, 6.07) is 11.7. The highest BCUT2D eigenvalue weighted by Crippen LogP contribution is 2.26. The van der Waals surface area contributed by atoms with Crippen molar-refractivity contribution in [2.45, 2.75) is 17.7 Å². The summed E-state index contributed by atoms with van der Waals surface area (Å²) in [6.07, 6.45) is 2.99. The second kappa shape index (κ2) is 7.34. The van der Waals surface area contributed by atoms with Crippen molar-refractivity contribution in [2.75, 3.05) is 0 Å². The molecule has 0 fully saturated rings. The highest BCUT2D eigenvalue weighted by atomic mass is 32.2. The van der Waals surface area contributed by atoms with Crippen LogP contribution in [0.15, 0.2) is 64.9 Å². The molecule has 9 heteroatoms. The molecule has 0 saturated heterocycles. The molecule has 148 valence electrons. The first kappa shape index (κ1) is 18.4. The Balaban J connectivity index is 1.67. The molecule has 0 aliphatic rings. The normalized spacial score (nSPS) is 11.4. The number of nitrogens with zero attached hydrogens (tertiary/aromatic N) is 5. The largest absolute Gasteiger partial charge is 0.341 e. The van der Waals surface area contributed by atoms with E-state index in [1.807, 2.05) is 19.1 Å². The third-order valence-corrected chi connectivity index (χ3v) is 5.70. The second-order valence-electron chi connectivity index (χ2n) is 6.71. The van der Waals surface area contributed by atoms with E-state index in [0.717, 1.165) is 5.56 Å². The molecule has 2 aromatic carbocycles. The lowest BCUT2D eigenvalue weighted by Gasteiger charge is -2.14.